The van der Waals surface area contributed by atoms with Crippen LogP contribution in [-0.4, -0.2) is 48.6 Å². The van der Waals surface area contributed by atoms with E-state index in [1.54, 1.807) is 0 Å². The minimum absolute atomic E-state index is 0. The Morgan fingerprint density at radius 1 is 1.26 bits per heavy atom. The lowest BCUT2D eigenvalue weighted by molar-refractivity contribution is 0.143. The Bertz CT molecular complexity index is 571. The van der Waals surface area contributed by atoms with Crippen molar-refractivity contribution in [3.8, 4) is 0 Å². The van der Waals surface area contributed by atoms with Gasteiger partial charge in [0.05, 0.1) is 6.20 Å². The van der Waals surface area contributed by atoms with E-state index in [1.165, 1.54) is 19.5 Å². The van der Waals surface area contributed by atoms with E-state index < -0.39 is 0 Å². The summed E-state index contributed by atoms with van der Waals surface area (Å²) in [7, 11) is 0. The lowest BCUT2D eigenvalue weighted by Gasteiger charge is -2.35. The molecule has 2 rings (SSSR count). The van der Waals surface area contributed by atoms with E-state index in [4.69, 9.17) is 4.42 Å². The zero-order valence-corrected chi connectivity index (χ0v) is 20.2. The van der Waals surface area contributed by atoms with Crippen molar-refractivity contribution >= 4 is 29.9 Å². The van der Waals surface area contributed by atoms with Crippen LogP contribution in [0.5, 0.6) is 0 Å². The van der Waals surface area contributed by atoms with Crippen molar-refractivity contribution < 1.29 is 4.42 Å². The van der Waals surface area contributed by atoms with Gasteiger partial charge in [0.2, 0.25) is 5.89 Å². The largest absolute Gasteiger partial charge is 0.443 e. The number of piperidine rings is 1. The Morgan fingerprint density at radius 2 is 1.93 bits per heavy atom. The minimum atomic E-state index is -0.0274. The SMILES string of the molecule is CCNC(=NCc1ncc(C(C)(C)C)o1)NCCN1CC(C)CC(C)C1.I. The van der Waals surface area contributed by atoms with Crippen LogP contribution in [0.25, 0.3) is 0 Å². The summed E-state index contributed by atoms with van der Waals surface area (Å²) in [6, 6.07) is 0. The summed E-state index contributed by atoms with van der Waals surface area (Å²) in [6.45, 7) is 18.8. The highest BCUT2D eigenvalue weighted by Gasteiger charge is 2.21. The number of hydrogen-bond donors (Lipinski definition) is 2. The number of nitrogens with zero attached hydrogens (tertiary/aromatic N) is 3. The van der Waals surface area contributed by atoms with Gasteiger partial charge in [-0.2, -0.15) is 0 Å². The molecule has 2 atom stereocenters. The molecule has 2 unspecified atom stereocenters. The minimum Gasteiger partial charge on any atom is -0.443 e. The van der Waals surface area contributed by atoms with Gasteiger partial charge in [0.15, 0.2) is 5.96 Å². The second-order valence-corrected chi connectivity index (χ2v) is 8.70. The second kappa shape index (κ2) is 11.2. The molecule has 1 fully saturated rings. The van der Waals surface area contributed by atoms with Gasteiger partial charge < -0.3 is 20.0 Å². The van der Waals surface area contributed by atoms with Crippen LogP contribution in [0.3, 0.4) is 0 Å². The first kappa shape index (κ1) is 24.2. The monoisotopic (exact) mass is 491 g/mol. The molecule has 0 saturated carbocycles. The van der Waals surface area contributed by atoms with E-state index in [-0.39, 0.29) is 29.4 Å². The smallest absolute Gasteiger partial charge is 0.216 e. The Balaban J connectivity index is 0.00000364. The molecule has 0 aliphatic carbocycles. The van der Waals surface area contributed by atoms with Crippen LogP contribution in [0.2, 0.25) is 0 Å². The molecule has 0 bridgehead atoms. The molecule has 0 amide bonds. The molecule has 2 heterocycles. The number of nitrogens with one attached hydrogen (secondary N) is 2. The van der Waals surface area contributed by atoms with Crippen molar-refractivity contribution in [2.75, 3.05) is 32.7 Å². The van der Waals surface area contributed by atoms with Gasteiger partial charge in [0, 0.05) is 38.1 Å². The summed E-state index contributed by atoms with van der Waals surface area (Å²) in [5, 5.41) is 6.73. The summed E-state index contributed by atoms with van der Waals surface area (Å²) in [6.07, 6.45) is 3.16. The first-order valence-corrected chi connectivity index (χ1v) is 9.97. The first-order chi connectivity index (χ1) is 12.3. The van der Waals surface area contributed by atoms with Crippen LogP contribution >= 0.6 is 24.0 Å². The number of guanidine groups is 1. The molecule has 6 nitrogen and oxygen atoms in total. The lowest BCUT2D eigenvalue weighted by atomic mass is 9.92. The maximum absolute atomic E-state index is 5.82. The fourth-order valence-corrected chi connectivity index (χ4v) is 3.53. The molecule has 1 aliphatic heterocycles. The molecule has 1 aromatic rings. The standard InChI is InChI=1S/C20H37N5O.HI/c1-7-21-19(22-8-9-25-13-15(2)10-16(3)14-25)24-12-18-23-11-17(26-18)20(4,5)6;/h11,15-16H,7-10,12-14H2,1-6H3,(H2,21,22,24);1H. The molecule has 0 radical (unpaired) electrons. The first-order valence-electron chi connectivity index (χ1n) is 9.97. The number of rotatable bonds is 6. The maximum atomic E-state index is 5.82. The van der Waals surface area contributed by atoms with Gasteiger partial charge in [0.25, 0.3) is 0 Å². The molecule has 1 aliphatic rings. The average molecular weight is 491 g/mol. The van der Waals surface area contributed by atoms with Gasteiger partial charge in [-0.15, -0.1) is 24.0 Å². The van der Waals surface area contributed by atoms with Gasteiger partial charge in [0.1, 0.15) is 12.3 Å². The molecule has 27 heavy (non-hydrogen) atoms. The van der Waals surface area contributed by atoms with Gasteiger partial charge in [-0.25, -0.2) is 9.98 Å². The van der Waals surface area contributed by atoms with E-state index in [0.717, 1.165) is 43.2 Å². The molecular weight excluding hydrogens is 453 g/mol. The highest BCUT2D eigenvalue weighted by molar-refractivity contribution is 14.0. The molecule has 0 aromatic carbocycles. The number of aliphatic imine (C=N–C) groups is 1. The average Bonchev–Trinajstić information content (AvgIpc) is 3.01. The zero-order valence-electron chi connectivity index (χ0n) is 17.8. The van der Waals surface area contributed by atoms with Gasteiger partial charge in [-0.1, -0.05) is 34.6 Å². The van der Waals surface area contributed by atoms with Gasteiger partial charge >= 0.3 is 0 Å². The van der Waals surface area contributed by atoms with Crippen LogP contribution in [0, 0.1) is 11.8 Å². The number of aromatic nitrogens is 1. The van der Waals surface area contributed by atoms with Gasteiger partial charge in [-0.05, 0) is 25.2 Å². The Kier molecular flexibility index (Phi) is 10.1. The van der Waals surface area contributed by atoms with Crippen LogP contribution in [0.4, 0.5) is 0 Å². The number of likely N-dealkylation sites (tertiary alicyclic amines) is 1. The normalized spacial score (nSPS) is 21.6. The third-order valence-corrected chi connectivity index (χ3v) is 4.67. The van der Waals surface area contributed by atoms with E-state index in [1.807, 2.05) is 6.20 Å². The highest BCUT2D eigenvalue weighted by atomic mass is 127. The van der Waals surface area contributed by atoms with Crippen LogP contribution in [-0.2, 0) is 12.0 Å². The molecule has 156 valence electrons. The van der Waals surface area contributed by atoms with Crippen LogP contribution < -0.4 is 10.6 Å². The van der Waals surface area contributed by atoms with Crippen LogP contribution in [0.1, 0.15) is 59.6 Å². The third-order valence-electron chi connectivity index (χ3n) is 4.67. The van der Waals surface area contributed by atoms with Crippen molar-refractivity contribution in [2.24, 2.45) is 16.8 Å². The molecule has 0 spiro atoms. The molecule has 1 saturated heterocycles. The molecular formula is C20H38IN5O. The number of hydrogen-bond acceptors (Lipinski definition) is 4. The van der Waals surface area contributed by atoms with Crippen molar-refractivity contribution in [2.45, 2.75) is 59.9 Å². The Labute approximate surface area is 182 Å². The predicted molar refractivity (Wildman–Crippen MR) is 123 cm³/mol. The van der Waals surface area contributed by atoms with Crippen molar-refractivity contribution in [1.82, 2.24) is 20.5 Å². The summed E-state index contributed by atoms with van der Waals surface area (Å²) < 4.78 is 5.82. The lowest BCUT2D eigenvalue weighted by Crippen LogP contribution is -2.45. The summed E-state index contributed by atoms with van der Waals surface area (Å²) >= 11 is 0. The molecule has 7 heteroatoms. The van der Waals surface area contributed by atoms with Crippen molar-refractivity contribution in [1.29, 1.82) is 0 Å². The summed E-state index contributed by atoms with van der Waals surface area (Å²) in [5.41, 5.74) is -0.0274. The van der Waals surface area contributed by atoms with E-state index >= 15 is 0 Å². The Hall–Kier alpha value is -0.830. The summed E-state index contributed by atoms with van der Waals surface area (Å²) in [4.78, 5) is 11.5. The predicted octanol–water partition coefficient (Wildman–Crippen LogP) is 3.62. The zero-order chi connectivity index (χ0) is 19.2. The fourth-order valence-electron chi connectivity index (χ4n) is 3.53. The van der Waals surface area contributed by atoms with E-state index in [2.05, 4.69) is 67.1 Å². The second-order valence-electron chi connectivity index (χ2n) is 8.70. The maximum Gasteiger partial charge on any atom is 0.216 e. The van der Waals surface area contributed by atoms with Crippen molar-refractivity contribution in [3.05, 3.63) is 17.8 Å². The number of halogens is 1. The summed E-state index contributed by atoms with van der Waals surface area (Å²) in [5.74, 6) is 3.96. The third kappa shape index (κ3) is 8.37. The van der Waals surface area contributed by atoms with E-state index in [0.29, 0.717) is 12.4 Å². The molecule has 2 N–H and O–H groups in total. The highest BCUT2D eigenvalue weighted by Crippen LogP contribution is 2.23. The Morgan fingerprint density at radius 3 is 2.48 bits per heavy atom. The fraction of sp³-hybridized carbons (Fsp3) is 0.800. The number of oxazole rings is 1. The quantitative estimate of drug-likeness (QED) is 0.362. The van der Waals surface area contributed by atoms with Crippen LogP contribution in [0.15, 0.2) is 15.6 Å². The van der Waals surface area contributed by atoms with Crippen molar-refractivity contribution in [3.63, 3.8) is 0 Å². The molecule has 1 aromatic heterocycles. The topological polar surface area (TPSA) is 65.7 Å². The van der Waals surface area contributed by atoms with Gasteiger partial charge in [-0.3, -0.25) is 0 Å². The van der Waals surface area contributed by atoms with E-state index in [9.17, 15) is 0 Å².